The van der Waals surface area contributed by atoms with Crippen molar-refractivity contribution in [3.8, 4) is 0 Å². The first-order chi connectivity index (χ1) is 9.15. The van der Waals surface area contributed by atoms with E-state index >= 15 is 0 Å². The molecule has 2 N–H and O–H groups in total. The van der Waals surface area contributed by atoms with Gasteiger partial charge in [-0.3, -0.25) is 4.79 Å². The first-order valence-electron chi connectivity index (χ1n) is 6.95. The second-order valence-electron chi connectivity index (χ2n) is 5.74. The van der Waals surface area contributed by atoms with Crippen LogP contribution >= 0.6 is 0 Å². The topological polar surface area (TPSA) is 46.3 Å². The van der Waals surface area contributed by atoms with Crippen molar-refractivity contribution in [2.45, 2.75) is 25.3 Å². The third-order valence-electron chi connectivity index (χ3n) is 4.53. The lowest BCUT2D eigenvalue weighted by Gasteiger charge is -2.29. The van der Waals surface area contributed by atoms with Gasteiger partial charge in [0.1, 0.15) is 5.82 Å². The number of nitrogens with zero attached hydrogens (tertiary/aromatic N) is 1. The van der Waals surface area contributed by atoms with Crippen LogP contribution in [0.2, 0.25) is 0 Å². The van der Waals surface area contributed by atoms with Crippen LogP contribution in [0.3, 0.4) is 0 Å². The summed E-state index contributed by atoms with van der Waals surface area (Å²) >= 11 is 0. The average Bonchev–Trinajstić information content (AvgIpc) is 2.84. The van der Waals surface area contributed by atoms with Gasteiger partial charge >= 0.3 is 0 Å². The highest BCUT2D eigenvalue weighted by Gasteiger charge is 2.40. The Bertz CT molecular complexity index is 474. The summed E-state index contributed by atoms with van der Waals surface area (Å²) in [5.41, 5.74) is 6.72. The fourth-order valence-electron chi connectivity index (χ4n) is 3.46. The minimum Gasteiger partial charge on any atom is -0.338 e. The molecular formula is C15H19FN2O. The lowest BCUT2D eigenvalue weighted by molar-refractivity contribution is 0.0783. The van der Waals surface area contributed by atoms with Crippen molar-refractivity contribution in [3.63, 3.8) is 0 Å². The molecule has 2 fully saturated rings. The van der Waals surface area contributed by atoms with E-state index in [9.17, 15) is 9.18 Å². The molecule has 1 amide bonds. The van der Waals surface area contributed by atoms with Gasteiger partial charge in [0.05, 0.1) is 0 Å². The quantitative estimate of drug-likeness (QED) is 0.841. The number of hydrogen-bond acceptors (Lipinski definition) is 2. The van der Waals surface area contributed by atoms with Crippen molar-refractivity contribution in [3.05, 3.63) is 35.6 Å². The van der Waals surface area contributed by atoms with Crippen molar-refractivity contribution >= 4 is 5.91 Å². The molecule has 3 nitrogen and oxygen atoms in total. The van der Waals surface area contributed by atoms with Gasteiger partial charge in [0, 0.05) is 24.7 Å². The predicted octanol–water partition coefficient (Wildman–Crippen LogP) is 2.03. The second kappa shape index (κ2) is 4.93. The molecule has 1 aromatic carbocycles. The summed E-state index contributed by atoms with van der Waals surface area (Å²) in [7, 11) is 0. The van der Waals surface area contributed by atoms with Crippen LogP contribution in [0.25, 0.3) is 0 Å². The van der Waals surface area contributed by atoms with Crippen LogP contribution < -0.4 is 5.73 Å². The average molecular weight is 262 g/mol. The molecule has 0 radical (unpaired) electrons. The molecule has 2 aliphatic rings. The second-order valence-corrected chi connectivity index (χ2v) is 5.74. The van der Waals surface area contributed by atoms with E-state index in [2.05, 4.69) is 0 Å². The molecule has 1 heterocycles. The van der Waals surface area contributed by atoms with E-state index in [1.54, 1.807) is 12.1 Å². The monoisotopic (exact) mass is 262 g/mol. The molecule has 1 aliphatic heterocycles. The van der Waals surface area contributed by atoms with Crippen molar-refractivity contribution in [1.29, 1.82) is 0 Å². The third-order valence-corrected chi connectivity index (χ3v) is 4.53. The van der Waals surface area contributed by atoms with E-state index in [1.807, 2.05) is 4.90 Å². The maximum Gasteiger partial charge on any atom is 0.253 e. The summed E-state index contributed by atoms with van der Waals surface area (Å²) in [6.45, 7) is 1.55. The van der Waals surface area contributed by atoms with Crippen LogP contribution in [0.4, 0.5) is 4.39 Å². The fraction of sp³-hybridized carbons (Fsp3) is 0.533. The molecule has 3 rings (SSSR count). The van der Waals surface area contributed by atoms with E-state index < -0.39 is 0 Å². The fourth-order valence-corrected chi connectivity index (χ4v) is 3.46. The van der Waals surface area contributed by atoms with Gasteiger partial charge in [0.15, 0.2) is 0 Å². The third kappa shape index (κ3) is 2.37. The number of fused-ring (bicyclic) bond motifs is 1. The molecule has 0 spiro atoms. The van der Waals surface area contributed by atoms with Gasteiger partial charge in [0.25, 0.3) is 5.91 Å². The zero-order valence-corrected chi connectivity index (χ0v) is 10.9. The zero-order valence-electron chi connectivity index (χ0n) is 10.9. The molecule has 1 aliphatic carbocycles. The summed E-state index contributed by atoms with van der Waals surface area (Å²) in [5.74, 6) is 0.682. The Morgan fingerprint density at radius 3 is 2.63 bits per heavy atom. The number of amides is 1. The Hall–Kier alpha value is -1.42. The molecule has 19 heavy (non-hydrogen) atoms. The molecule has 1 saturated heterocycles. The summed E-state index contributed by atoms with van der Waals surface area (Å²) in [4.78, 5) is 14.3. The Labute approximate surface area is 112 Å². The maximum atomic E-state index is 12.9. The highest BCUT2D eigenvalue weighted by atomic mass is 19.1. The number of benzene rings is 1. The lowest BCUT2D eigenvalue weighted by Crippen LogP contribution is -2.38. The van der Waals surface area contributed by atoms with Gasteiger partial charge < -0.3 is 10.6 Å². The van der Waals surface area contributed by atoms with Gasteiger partial charge in [-0.25, -0.2) is 4.39 Å². The number of nitrogens with two attached hydrogens (primary N) is 1. The standard InChI is InChI=1S/C15H19FN2O/c16-12-6-4-10(5-7-12)15(19)18-8-11-2-1-3-14(17)13(11)9-18/h4-7,11,13-14H,1-3,8-9,17H2. The number of carbonyl (C=O) groups excluding carboxylic acids is 1. The predicted molar refractivity (Wildman–Crippen MR) is 71.1 cm³/mol. The van der Waals surface area contributed by atoms with Crippen molar-refractivity contribution < 1.29 is 9.18 Å². The number of halogens is 1. The van der Waals surface area contributed by atoms with E-state index in [1.165, 1.54) is 25.0 Å². The highest BCUT2D eigenvalue weighted by Crippen LogP contribution is 2.35. The molecule has 1 saturated carbocycles. The van der Waals surface area contributed by atoms with Crippen molar-refractivity contribution in [2.75, 3.05) is 13.1 Å². The molecule has 1 aromatic rings. The summed E-state index contributed by atoms with van der Waals surface area (Å²) < 4.78 is 12.9. The molecule has 4 heteroatoms. The Morgan fingerprint density at radius 2 is 1.95 bits per heavy atom. The molecule has 102 valence electrons. The van der Waals surface area contributed by atoms with Gasteiger partial charge in [-0.2, -0.15) is 0 Å². The van der Waals surface area contributed by atoms with Crippen molar-refractivity contribution in [2.24, 2.45) is 17.6 Å². The molecule has 3 atom stereocenters. The van der Waals surface area contributed by atoms with Crippen LogP contribution in [0.15, 0.2) is 24.3 Å². The number of rotatable bonds is 1. The number of likely N-dealkylation sites (tertiary alicyclic amines) is 1. The van der Waals surface area contributed by atoms with E-state index in [0.29, 0.717) is 17.4 Å². The SMILES string of the molecule is NC1CCCC2CN(C(=O)c3ccc(F)cc3)CC12. The Kier molecular flexibility index (Phi) is 3.27. The van der Waals surface area contributed by atoms with E-state index in [0.717, 1.165) is 19.5 Å². The number of carbonyl (C=O) groups is 1. The smallest absolute Gasteiger partial charge is 0.253 e. The van der Waals surface area contributed by atoms with E-state index in [4.69, 9.17) is 5.73 Å². The zero-order chi connectivity index (χ0) is 13.4. The minimum absolute atomic E-state index is 0.00148. The van der Waals surface area contributed by atoms with Crippen LogP contribution in [-0.4, -0.2) is 29.9 Å². The van der Waals surface area contributed by atoms with Crippen LogP contribution in [0.1, 0.15) is 29.6 Å². The first kappa shape index (κ1) is 12.6. The van der Waals surface area contributed by atoms with Crippen LogP contribution in [0.5, 0.6) is 0 Å². The normalized spacial score (nSPS) is 30.2. The molecule has 0 bridgehead atoms. The Morgan fingerprint density at radius 1 is 1.21 bits per heavy atom. The molecule has 0 aromatic heterocycles. The largest absolute Gasteiger partial charge is 0.338 e. The summed E-state index contributed by atoms with van der Waals surface area (Å²) in [6.07, 6.45) is 3.41. The molecular weight excluding hydrogens is 243 g/mol. The van der Waals surface area contributed by atoms with Gasteiger partial charge in [0.2, 0.25) is 0 Å². The maximum absolute atomic E-state index is 12.9. The van der Waals surface area contributed by atoms with Crippen molar-refractivity contribution in [1.82, 2.24) is 4.90 Å². The minimum atomic E-state index is -0.311. The van der Waals surface area contributed by atoms with Crippen LogP contribution in [0, 0.1) is 17.7 Å². The van der Waals surface area contributed by atoms with E-state index in [-0.39, 0.29) is 17.8 Å². The number of hydrogen-bond donors (Lipinski definition) is 1. The molecule has 3 unspecified atom stereocenters. The van der Waals surface area contributed by atoms with Gasteiger partial charge in [-0.15, -0.1) is 0 Å². The van der Waals surface area contributed by atoms with Crippen LogP contribution in [-0.2, 0) is 0 Å². The summed E-state index contributed by atoms with van der Waals surface area (Å²) in [5, 5.41) is 0. The first-order valence-corrected chi connectivity index (χ1v) is 6.95. The Balaban J connectivity index is 1.73. The van der Waals surface area contributed by atoms with Gasteiger partial charge in [-0.05, 0) is 48.9 Å². The van der Waals surface area contributed by atoms with Gasteiger partial charge in [-0.1, -0.05) is 6.42 Å². The summed E-state index contributed by atoms with van der Waals surface area (Å²) in [6, 6.07) is 6.01. The lowest BCUT2D eigenvalue weighted by atomic mass is 9.78. The highest BCUT2D eigenvalue weighted by molar-refractivity contribution is 5.94.